The monoisotopic (exact) mass is 160 g/mol. The van der Waals surface area contributed by atoms with Crippen LogP contribution in [0.1, 0.15) is 6.55 Å². The van der Waals surface area contributed by atoms with Crippen molar-refractivity contribution in [1.29, 1.82) is 0 Å². The molecule has 0 fully saturated rings. The third kappa shape index (κ3) is 1.54. The summed E-state index contributed by atoms with van der Waals surface area (Å²) < 4.78 is 24.1. The summed E-state index contributed by atoms with van der Waals surface area (Å²) in [5.41, 5.74) is 4.56. The van der Waals surface area contributed by atoms with Crippen molar-refractivity contribution in [1.82, 2.24) is 4.57 Å². The summed E-state index contributed by atoms with van der Waals surface area (Å²) in [6, 6.07) is 2.19. The summed E-state index contributed by atoms with van der Waals surface area (Å²) in [4.78, 5) is 10.7. The van der Waals surface area contributed by atoms with Crippen LogP contribution in [0.5, 0.6) is 0 Å². The minimum atomic E-state index is -2.80. The first kappa shape index (κ1) is 7.71. The Labute approximate surface area is 61.1 Å². The highest BCUT2D eigenvalue weighted by Gasteiger charge is 2.05. The number of rotatable bonds is 1. The molecule has 11 heavy (non-hydrogen) atoms. The number of hydrogen-bond acceptors (Lipinski definition) is 2. The van der Waals surface area contributed by atoms with E-state index in [4.69, 9.17) is 5.73 Å². The van der Waals surface area contributed by atoms with Gasteiger partial charge in [0.05, 0.1) is 0 Å². The average molecular weight is 160 g/mol. The van der Waals surface area contributed by atoms with E-state index >= 15 is 0 Å². The van der Waals surface area contributed by atoms with E-state index in [9.17, 15) is 13.6 Å². The van der Waals surface area contributed by atoms with Crippen molar-refractivity contribution in [3.63, 3.8) is 0 Å². The second-order valence-electron chi connectivity index (χ2n) is 1.98. The van der Waals surface area contributed by atoms with Gasteiger partial charge in [-0.25, -0.2) is 0 Å². The van der Waals surface area contributed by atoms with Gasteiger partial charge in [-0.1, -0.05) is 0 Å². The molecule has 0 atom stereocenters. The molecular formula is C6H6F2N2O. The topological polar surface area (TPSA) is 48.0 Å². The number of hydrogen-bond donors (Lipinski definition) is 1. The van der Waals surface area contributed by atoms with Gasteiger partial charge in [0.15, 0.2) is 0 Å². The fourth-order valence-corrected chi connectivity index (χ4v) is 0.666. The zero-order chi connectivity index (χ0) is 8.43. The Bertz CT molecular complexity index is 308. The molecule has 0 spiro atoms. The van der Waals surface area contributed by atoms with Crippen LogP contribution in [0.25, 0.3) is 0 Å². The normalized spacial score (nSPS) is 10.5. The largest absolute Gasteiger partial charge is 0.399 e. The highest BCUT2D eigenvalue weighted by atomic mass is 19.3. The van der Waals surface area contributed by atoms with Crippen LogP contribution in [-0.4, -0.2) is 4.57 Å². The van der Waals surface area contributed by atoms with Crippen molar-refractivity contribution in [2.45, 2.75) is 6.55 Å². The Hall–Kier alpha value is -1.39. The zero-order valence-electron chi connectivity index (χ0n) is 5.50. The van der Waals surface area contributed by atoms with E-state index in [0.29, 0.717) is 4.57 Å². The number of nitrogens with two attached hydrogens (primary N) is 1. The SMILES string of the molecule is Nc1ccn(C(F)F)c(=O)c1. The van der Waals surface area contributed by atoms with E-state index in [1.165, 1.54) is 6.07 Å². The minimum absolute atomic E-state index is 0.187. The Morgan fingerprint density at radius 2 is 2.18 bits per heavy atom. The Morgan fingerprint density at radius 1 is 1.55 bits per heavy atom. The molecule has 3 nitrogen and oxygen atoms in total. The number of nitrogen functional groups attached to an aromatic ring is 1. The lowest BCUT2D eigenvalue weighted by Crippen LogP contribution is -2.19. The second kappa shape index (κ2) is 2.69. The first-order valence-corrected chi connectivity index (χ1v) is 2.87. The van der Waals surface area contributed by atoms with Crippen LogP contribution < -0.4 is 11.3 Å². The third-order valence-electron chi connectivity index (χ3n) is 1.18. The van der Waals surface area contributed by atoms with Gasteiger partial charge in [-0.15, -0.1) is 0 Å². The van der Waals surface area contributed by atoms with E-state index in [1.54, 1.807) is 0 Å². The van der Waals surface area contributed by atoms with Gasteiger partial charge in [-0.2, -0.15) is 8.78 Å². The Morgan fingerprint density at radius 3 is 2.64 bits per heavy atom. The molecule has 0 bridgehead atoms. The summed E-state index contributed by atoms with van der Waals surface area (Å²) >= 11 is 0. The smallest absolute Gasteiger partial charge is 0.321 e. The van der Waals surface area contributed by atoms with Gasteiger partial charge < -0.3 is 5.73 Å². The highest BCUT2D eigenvalue weighted by Crippen LogP contribution is 2.06. The molecule has 2 N–H and O–H groups in total. The first-order chi connectivity index (χ1) is 5.11. The quantitative estimate of drug-likeness (QED) is 0.661. The molecule has 5 heteroatoms. The van der Waals surface area contributed by atoms with Crippen LogP contribution in [0.2, 0.25) is 0 Å². The molecule has 1 aromatic heterocycles. The summed E-state index contributed by atoms with van der Waals surface area (Å²) in [6.45, 7) is -2.80. The van der Waals surface area contributed by atoms with Crippen molar-refractivity contribution < 1.29 is 8.78 Å². The van der Waals surface area contributed by atoms with E-state index in [2.05, 4.69) is 0 Å². The number of alkyl halides is 2. The number of anilines is 1. The van der Waals surface area contributed by atoms with Gasteiger partial charge in [0.1, 0.15) is 0 Å². The fraction of sp³-hybridized carbons (Fsp3) is 0.167. The van der Waals surface area contributed by atoms with E-state index in [0.717, 1.165) is 12.3 Å². The molecule has 1 aromatic rings. The maximum atomic E-state index is 11.9. The summed E-state index contributed by atoms with van der Waals surface area (Å²) in [6.07, 6.45) is 0.961. The lowest BCUT2D eigenvalue weighted by Gasteiger charge is -2.01. The molecule has 0 amide bonds. The molecule has 0 aliphatic carbocycles. The molecule has 60 valence electrons. The second-order valence-corrected chi connectivity index (χ2v) is 1.98. The molecule has 0 aliphatic heterocycles. The number of nitrogens with zero attached hydrogens (tertiary/aromatic N) is 1. The van der Waals surface area contributed by atoms with Gasteiger partial charge in [-0.3, -0.25) is 9.36 Å². The fourth-order valence-electron chi connectivity index (χ4n) is 0.666. The van der Waals surface area contributed by atoms with Gasteiger partial charge in [0.25, 0.3) is 5.56 Å². The molecule has 0 aliphatic rings. The molecule has 0 saturated heterocycles. The van der Waals surface area contributed by atoms with Crippen LogP contribution in [0.4, 0.5) is 14.5 Å². The van der Waals surface area contributed by atoms with E-state index < -0.39 is 12.1 Å². The predicted octanol–water partition coefficient (Wildman–Crippen LogP) is 0.826. The van der Waals surface area contributed by atoms with Crippen molar-refractivity contribution in [2.75, 3.05) is 5.73 Å². The summed E-state index contributed by atoms with van der Waals surface area (Å²) in [5, 5.41) is 0. The van der Waals surface area contributed by atoms with Gasteiger partial charge >= 0.3 is 6.55 Å². The van der Waals surface area contributed by atoms with Crippen LogP contribution in [0, 0.1) is 0 Å². The zero-order valence-corrected chi connectivity index (χ0v) is 5.50. The molecular weight excluding hydrogens is 154 g/mol. The van der Waals surface area contributed by atoms with E-state index in [-0.39, 0.29) is 5.69 Å². The lowest BCUT2D eigenvalue weighted by atomic mass is 10.4. The van der Waals surface area contributed by atoms with Crippen molar-refractivity contribution in [3.8, 4) is 0 Å². The Kier molecular flexibility index (Phi) is 1.89. The lowest BCUT2D eigenvalue weighted by molar-refractivity contribution is 0.0664. The summed E-state index contributed by atoms with van der Waals surface area (Å²) in [7, 11) is 0. The molecule has 0 radical (unpaired) electrons. The number of pyridine rings is 1. The maximum absolute atomic E-state index is 11.9. The molecule has 0 aromatic carbocycles. The summed E-state index contributed by atoms with van der Waals surface area (Å²) in [5.74, 6) is 0. The van der Waals surface area contributed by atoms with Crippen LogP contribution in [0.15, 0.2) is 23.1 Å². The average Bonchev–Trinajstić information content (AvgIpc) is 1.85. The number of halogens is 2. The van der Waals surface area contributed by atoms with Crippen LogP contribution in [0.3, 0.4) is 0 Å². The third-order valence-corrected chi connectivity index (χ3v) is 1.18. The van der Waals surface area contributed by atoms with Crippen LogP contribution >= 0.6 is 0 Å². The standard InChI is InChI=1S/C6H6F2N2O/c7-6(8)10-2-1-4(9)3-5(10)11/h1-3,6H,9H2. The molecule has 1 heterocycles. The maximum Gasteiger partial charge on any atom is 0.321 e. The number of aromatic nitrogens is 1. The van der Waals surface area contributed by atoms with Crippen molar-refractivity contribution in [2.24, 2.45) is 0 Å². The minimum Gasteiger partial charge on any atom is -0.399 e. The van der Waals surface area contributed by atoms with E-state index in [1.807, 2.05) is 0 Å². The van der Waals surface area contributed by atoms with Crippen molar-refractivity contribution >= 4 is 5.69 Å². The highest BCUT2D eigenvalue weighted by molar-refractivity contribution is 5.34. The van der Waals surface area contributed by atoms with Crippen molar-refractivity contribution in [3.05, 3.63) is 28.7 Å². The van der Waals surface area contributed by atoms with Gasteiger partial charge in [0.2, 0.25) is 0 Å². The molecule has 1 rings (SSSR count). The Balaban J connectivity index is 3.21. The van der Waals surface area contributed by atoms with Gasteiger partial charge in [0, 0.05) is 18.0 Å². The predicted molar refractivity (Wildman–Crippen MR) is 36.4 cm³/mol. The molecule has 0 saturated carbocycles. The first-order valence-electron chi connectivity index (χ1n) is 2.87. The molecule has 0 unspecified atom stereocenters. The van der Waals surface area contributed by atoms with Crippen LogP contribution in [-0.2, 0) is 0 Å². The van der Waals surface area contributed by atoms with Gasteiger partial charge in [-0.05, 0) is 6.07 Å².